The quantitative estimate of drug-likeness (QED) is 0.802. The molecule has 24 heavy (non-hydrogen) atoms. The van der Waals surface area contributed by atoms with Gasteiger partial charge < -0.3 is 14.8 Å². The molecule has 3 aromatic rings. The van der Waals surface area contributed by atoms with E-state index in [0.29, 0.717) is 0 Å². The Morgan fingerprint density at radius 3 is 2.62 bits per heavy atom. The fraction of sp³-hybridized carbons (Fsp3) is 0.250. The van der Waals surface area contributed by atoms with Gasteiger partial charge in [0, 0.05) is 11.9 Å². The van der Waals surface area contributed by atoms with Gasteiger partial charge in [-0.15, -0.1) is 0 Å². The van der Waals surface area contributed by atoms with E-state index in [0.717, 1.165) is 41.1 Å². The summed E-state index contributed by atoms with van der Waals surface area (Å²) < 4.78 is 10.9. The highest BCUT2D eigenvalue weighted by Crippen LogP contribution is 2.37. The molecule has 0 bridgehead atoms. The van der Waals surface area contributed by atoms with Gasteiger partial charge in [0.1, 0.15) is 0 Å². The molecule has 0 saturated heterocycles. The van der Waals surface area contributed by atoms with Crippen molar-refractivity contribution in [3.05, 3.63) is 65.4 Å². The Hall–Kier alpha value is -2.59. The van der Waals surface area contributed by atoms with E-state index >= 15 is 0 Å². The SMILES string of the molecule is COc1cc2c(cc1OC)C(c1ccc3ccccc3n1)NCC2. The number of hydrogen-bond acceptors (Lipinski definition) is 4. The Balaban J connectivity index is 1.82. The van der Waals surface area contributed by atoms with Gasteiger partial charge in [0.15, 0.2) is 11.5 Å². The summed E-state index contributed by atoms with van der Waals surface area (Å²) in [6.07, 6.45) is 0.972. The van der Waals surface area contributed by atoms with Gasteiger partial charge >= 0.3 is 0 Å². The number of ether oxygens (including phenoxy) is 2. The fourth-order valence-corrected chi connectivity index (χ4v) is 3.39. The third kappa shape index (κ3) is 2.49. The van der Waals surface area contributed by atoms with Crippen LogP contribution in [0.3, 0.4) is 0 Å². The standard InChI is InChI=1S/C20H20N2O2/c1-23-18-11-14-9-10-21-20(15(14)12-19(18)24-2)17-8-7-13-5-3-4-6-16(13)22-17/h3-8,11-12,20-21H,9-10H2,1-2H3. The molecule has 0 amide bonds. The zero-order chi connectivity index (χ0) is 16.5. The Labute approximate surface area is 141 Å². The summed E-state index contributed by atoms with van der Waals surface area (Å²) in [4.78, 5) is 4.86. The molecule has 1 aromatic heterocycles. The average molecular weight is 320 g/mol. The van der Waals surface area contributed by atoms with Crippen molar-refractivity contribution >= 4 is 10.9 Å². The number of methoxy groups -OCH3 is 2. The molecule has 1 unspecified atom stereocenters. The number of nitrogens with one attached hydrogen (secondary N) is 1. The maximum Gasteiger partial charge on any atom is 0.161 e. The maximum atomic E-state index is 5.48. The van der Waals surface area contributed by atoms with Crippen molar-refractivity contribution in [2.75, 3.05) is 20.8 Å². The minimum atomic E-state index is 0.0677. The van der Waals surface area contributed by atoms with Gasteiger partial charge in [-0.2, -0.15) is 0 Å². The highest BCUT2D eigenvalue weighted by molar-refractivity contribution is 5.78. The normalized spacial score (nSPS) is 16.7. The monoisotopic (exact) mass is 320 g/mol. The largest absolute Gasteiger partial charge is 0.493 e. The lowest BCUT2D eigenvalue weighted by atomic mass is 9.91. The van der Waals surface area contributed by atoms with E-state index in [2.05, 4.69) is 41.7 Å². The van der Waals surface area contributed by atoms with Crippen molar-refractivity contribution in [1.82, 2.24) is 10.3 Å². The number of aromatic nitrogens is 1. The van der Waals surface area contributed by atoms with E-state index in [4.69, 9.17) is 14.5 Å². The van der Waals surface area contributed by atoms with Gasteiger partial charge in [-0.05, 0) is 41.8 Å². The van der Waals surface area contributed by atoms with Crippen molar-refractivity contribution in [3.8, 4) is 11.5 Å². The lowest BCUT2D eigenvalue weighted by molar-refractivity contribution is 0.352. The molecule has 2 aromatic carbocycles. The highest BCUT2D eigenvalue weighted by Gasteiger charge is 2.25. The third-order valence-corrected chi connectivity index (χ3v) is 4.61. The van der Waals surface area contributed by atoms with Gasteiger partial charge in [0.25, 0.3) is 0 Å². The van der Waals surface area contributed by atoms with Crippen LogP contribution in [0, 0.1) is 0 Å². The van der Waals surface area contributed by atoms with Gasteiger partial charge in [0.05, 0.1) is 31.5 Å². The first-order valence-corrected chi connectivity index (χ1v) is 8.14. The number of fused-ring (bicyclic) bond motifs is 2. The van der Waals surface area contributed by atoms with Gasteiger partial charge in [-0.25, -0.2) is 0 Å². The zero-order valence-corrected chi connectivity index (χ0v) is 13.9. The fourth-order valence-electron chi connectivity index (χ4n) is 3.39. The number of nitrogens with zero attached hydrogens (tertiary/aromatic N) is 1. The lowest BCUT2D eigenvalue weighted by Gasteiger charge is -2.28. The highest BCUT2D eigenvalue weighted by atomic mass is 16.5. The van der Waals surface area contributed by atoms with E-state index < -0.39 is 0 Å². The summed E-state index contributed by atoms with van der Waals surface area (Å²) in [6, 6.07) is 16.7. The molecule has 1 atom stereocenters. The van der Waals surface area contributed by atoms with Crippen molar-refractivity contribution in [1.29, 1.82) is 0 Å². The van der Waals surface area contributed by atoms with Gasteiger partial charge in [0.2, 0.25) is 0 Å². The molecule has 0 radical (unpaired) electrons. The van der Waals surface area contributed by atoms with Crippen LogP contribution in [-0.2, 0) is 6.42 Å². The number of pyridine rings is 1. The van der Waals surface area contributed by atoms with Crippen molar-refractivity contribution in [2.45, 2.75) is 12.5 Å². The van der Waals surface area contributed by atoms with Gasteiger partial charge in [-0.1, -0.05) is 24.3 Å². The predicted octanol–water partition coefficient (Wildman–Crippen LogP) is 3.49. The Kier molecular flexibility index (Phi) is 3.82. The van der Waals surface area contributed by atoms with E-state index in [-0.39, 0.29) is 6.04 Å². The predicted molar refractivity (Wildman–Crippen MR) is 94.8 cm³/mol. The summed E-state index contributed by atoms with van der Waals surface area (Å²) >= 11 is 0. The molecular weight excluding hydrogens is 300 g/mol. The van der Waals surface area contributed by atoms with E-state index in [1.165, 1.54) is 11.1 Å². The van der Waals surface area contributed by atoms with Crippen LogP contribution in [-0.4, -0.2) is 25.7 Å². The van der Waals surface area contributed by atoms with Crippen LogP contribution >= 0.6 is 0 Å². The molecule has 4 nitrogen and oxygen atoms in total. The van der Waals surface area contributed by atoms with Crippen molar-refractivity contribution in [2.24, 2.45) is 0 Å². The van der Waals surface area contributed by atoms with Crippen LogP contribution in [0.25, 0.3) is 10.9 Å². The molecule has 0 saturated carbocycles. The smallest absolute Gasteiger partial charge is 0.161 e. The summed E-state index contributed by atoms with van der Waals surface area (Å²) in [5.41, 5.74) is 4.54. The van der Waals surface area contributed by atoms with Gasteiger partial charge in [-0.3, -0.25) is 4.98 Å². The molecule has 2 heterocycles. The minimum absolute atomic E-state index is 0.0677. The molecule has 122 valence electrons. The summed E-state index contributed by atoms with van der Waals surface area (Å²) in [7, 11) is 3.34. The molecule has 0 aliphatic carbocycles. The molecule has 1 aliphatic heterocycles. The molecule has 0 spiro atoms. The van der Waals surface area contributed by atoms with Crippen LogP contribution in [0.15, 0.2) is 48.5 Å². The maximum absolute atomic E-state index is 5.48. The third-order valence-electron chi connectivity index (χ3n) is 4.61. The first-order chi connectivity index (χ1) is 11.8. The minimum Gasteiger partial charge on any atom is -0.493 e. The van der Waals surface area contributed by atoms with Crippen molar-refractivity contribution in [3.63, 3.8) is 0 Å². The van der Waals surface area contributed by atoms with Crippen LogP contribution < -0.4 is 14.8 Å². The summed E-state index contributed by atoms with van der Waals surface area (Å²) in [6.45, 7) is 0.918. The first-order valence-electron chi connectivity index (χ1n) is 8.14. The molecule has 4 rings (SSSR count). The first kappa shape index (κ1) is 15.0. The van der Waals surface area contributed by atoms with E-state index in [1.807, 2.05) is 12.1 Å². The Morgan fingerprint density at radius 1 is 1.00 bits per heavy atom. The number of benzene rings is 2. The lowest BCUT2D eigenvalue weighted by Crippen LogP contribution is -2.31. The van der Waals surface area contributed by atoms with Crippen LogP contribution in [0.4, 0.5) is 0 Å². The molecule has 1 aliphatic rings. The number of rotatable bonds is 3. The Bertz CT molecular complexity index is 892. The number of hydrogen-bond donors (Lipinski definition) is 1. The molecule has 4 heteroatoms. The Morgan fingerprint density at radius 2 is 1.79 bits per heavy atom. The average Bonchev–Trinajstić information content (AvgIpc) is 2.65. The second-order valence-electron chi connectivity index (χ2n) is 5.97. The summed E-state index contributed by atoms with van der Waals surface area (Å²) in [5, 5.41) is 4.74. The summed E-state index contributed by atoms with van der Waals surface area (Å²) in [5.74, 6) is 1.54. The molecule has 0 fully saturated rings. The van der Waals surface area contributed by atoms with E-state index in [9.17, 15) is 0 Å². The second kappa shape index (κ2) is 6.13. The topological polar surface area (TPSA) is 43.4 Å². The zero-order valence-electron chi connectivity index (χ0n) is 13.9. The molecule has 1 N–H and O–H groups in total. The molecular formula is C20H20N2O2. The van der Waals surface area contributed by atoms with E-state index in [1.54, 1.807) is 14.2 Å². The van der Waals surface area contributed by atoms with Crippen molar-refractivity contribution < 1.29 is 9.47 Å². The number of para-hydroxylation sites is 1. The van der Waals surface area contributed by atoms with Crippen LogP contribution in [0.2, 0.25) is 0 Å². The van der Waals surface area contributed by atoms with Crippen LogP contribution in [0.5, 0.6) is 11.5 Å². The second-order valence-corrected chi connectivity index (χ2v) is 5.97. The van der Waals surface area contributed by atoms with Crippen LogP contribution in [0.1, 0.15) is 22.9 Å².